The molecule has 1 N–H and O–H groups in total. The summed E-state index contributed by atoms with van der Waals surface area (Å²) in [4.78, 5) is 0. The first-order valence-electron chi connectivity index (χ1n) is 8.88. The van der Waals surface area contributed by atoms with E-state index in [0.717, 1.165) is 0 Å². The second-order valence-electron chi connectivity index (χ2n) is 6.30. The molecular weight excluding hydrogens is 545 g/mol. The first-order chi connectivity index (χ1) is 15.6. The molecule has 5 nitrogen and oxygen atoms in total. The molecule has 212 valence electrons. The lowest BCUT2D eigenvalue weighted by Crippen LogP contribution is -2.72. The number of hydrogen-bond acceptors (Lipinski definition) is 5. The molecule has 0 aliphatic carbocycles. The van der Waals surface area contributed by atoms with Crippen LogP contribution in [0.3, 0.4) is 0 Å². The maximum atomic E-state index is 13.4. The molecule has 0 radical (unpaired) electrons. The van der Waals surface area contributed by atoms with Crippen molar-refractivity contribution in [2.45, 2.75) is 41.9 Å². The molecule has 0 rings (SSSR count). The van der Waals surface area contributed by atoms with Gasteiger partial charge in [0.1, 0.15) is 0 Å². The Kier molecular flexibility index (Phi) is 11.4. The first kappa shape index (κ1) is 33.8. The van der Waals surface area contributed by atoms with E-state index in [0.29, 0.717) is 0 Å². The lowest BCUT2D eigenvalue weighted by atomic mass is 9.93. The third-order valence-electron chi connectivity index (χ3n) is 3.79. The molecule has 0 bridgehead atoms. The predicted molar refractivity (Wildman–Crippen MR) is 81.2 cm³/mol. The van der Waals surface area contributed by atoms with Crippen LogP contribution in [0.4, 0.5) is 65.9 Å². The van der Waals surface area contributed by atoms with E-state index in [4.69, 9.17) is 14.6 Å². The van der Waals surface area contributed by atoms with Crippen LogP contribution in [-0.2, 0) is 18.9 Å². The molecule has 0 saturated heterocycles. The minimum atomic E-state index is -8.36. The van der Waals surface area contributed by atoms with Gasteiger partial charge in [0.2, 0.25) is 0 Å². The summed E-state index contributed by atoms with van der Waals surface area (Å²) in [5.41, 5.74) is 0. The van der Waals surface area contributed by atoms with Crippen molar-refractivity contribution >= 4 is 0 Å². The Bertz CT molecular complexity index is 639. The van der Waals surface area contributed by atoms with Gasteiger partial charge < -0.3 is 24.1 Å². The van der Waals surface area contributed by atoms with E-state index in [1.807, 2.05) is 0 Å². The third kappa shape index (κ3) is 6.95. The molecule has 0 heterocycles. The second-order valence-corrected chi connectivity index (χ2v) is 6.30. The zero-order valence-corrected chi connectivity index (χ0v) is 16.9. The average Bonchev–Trinajstić information content (AvgIpc) is 2.70. The van der Waals surface area contributed by atoms with E-state index < -0.39 is 61.7 Å². The highest BCUT2D eigenvalue weighted by molar-refractivity contribution is 5.11. The number of alkyl halides is 15. The van der Waals surface area contributed by atoms with Crippen LogP contribution in [0.25, 0.3) is 0 Å². The van der Waals surface area contributed by atoms with E-state index in [1.54, 1.807) is 0 Å². The number of aliphatic hydroxyl groups excluding tert-OH is 1. The molecule has 0 spiro atoms. The van der Waals surface area contributed by atoms with Crippen LogP contribution in [-0.4, -0.2) is 99.9 Å². The van der Waals surface area contributed by atoms with Gasteiger partial charge in [0.25, 0.3) is 0 Å². The van der Waals surface area contributed by atoms with Gasteiger partial charge in [-0.15, -0.1) is 0 Å². The molecule has 20 heteroatoms. The second kappa shape index (κ2) is 11.9. The van der Waals surface area contributed by atoms with Crippen molar-refractivity contribution in [3.63, 3.8) is 0 Å². The Morgan fingerprint density at radius 3 is 1.09 bits per heavy atom. The van der Waals surface area contributed by atoms with Crippen LogP contribution in [0.5, 0.6) is 0 Å². The van der Waals surface area contributed by atoms with Gasteiger partial charge >= 0.3 is 41.9 Å². The summed E-state index contributed by atoms with van der Waals surface area (Å²) in [6.45, 7) is -3.97. The van der Waals surface area contributed by atoms with Gasteiger partial charge in [-0.25, -0.2) is 0 Å². The molecule has 0 amide bonds. The zero-order chi connectivity index (χ0) is 28.0. The Labute approximate surface area is 186 Å². The molecule has 0 aromatic carbocycles. The molecule has 0 aromatic heterocycles. The van der Waals surface area contributed by atoms with Crippen molar-refractivity contribution in [3.05, 3.63) is 0 Å². The largest absolute Gasteiger partial charge is 0.460 e. The fourth-order valence-corrected chi connectivity index (χ4v) is 1.88. The third-order valence-corrected chi connectivity index (χ3v) is 3.79. The highest BCUT2D eigenvalue weighted by atomic mass is 19.4. The molecule has 0 aromatic rings. The van der Waals surface area contributed by atoms with E-state index in [9.17, 15) is 65.9 Å². The molecule has 0 aliphatic heterocycles. The van der Waals surface area contributed by atoms with Crippen LogP contribution in [0, 0.1) is 0 Å². The minimum absolute atomic E-state index is 0.0105. The van der Waals surface area contributed by atoms with Crippen LogP contribution >= 0.6 is 0 Å². The van der Waals surface area contributed by atoms with Crippen molar-refractivity contribution in [2.24, 2.45) is 0 Å². The Morgan fingerprint density at radius 2 is 0.714 bits per heavy atom. The van der Waals surface area contributed by atoms with Gasteiger partial charge in [-0.1, -0.05) is 0 Å². The normalized spacial score (nSPS) is 15.1. The molecule has 0 fully saturated rings. The van der Waals surface area contributed by atoms with Crippen molar-refractivity contribution in [1.29, 1.82) is 0 Å². The van der Waals surface area contributed by atoms with Crippen molar-refractivity contribution in [2.75, 3.05) is 52.9 Å². The van der Waals surface area contributed by atoms with Gasteiger partial charge in [0, 0.05) is 0 Å². The molecule has 35 heavy (non-hydrogen) atoms. The van der Waals surface area contributed by atoms with Gasteiger partial charge in [0.15, 0.2) is 0 Å². The van der Waals surface area contributed by atoms with Gasteiger partial charge in [-0.05, 0) is 0 Å². The zero-order valence-electron chi connectivity index (χ0n) is 16.9. The summed E-state index contributed by atoms with van der Waals surface area (Å²) >= 11 is 0. The standard InChI is InChI=1S/C15H17F15O5/c16-9(17,10(18,19)12(22,23)14(26,27)28)11(20,21)13(24,25)15(29,30)35-8-7-34-6-5-33-4-3-32-2-1-31/h31H,1-8H2. The maximum absolute atomic E-state index is 13.4. The fourth-order valence-electron chi connectivity index (χ4n) is 1.88. The van der Waals surface area contributed by atoms with Gasteiger partial charge in [0.05, 0.1) is 52.9 Å². The number of hydrogen-bond donors (Lipinski definition) is 1. The minimum Gasteiger partial charge on any atom is -0.394 e. The SMILES string of the molecule is OCCOCCOCCOCCOC(F)(F)C(F)(F)C(F)(F)C(F)(F)C(F)(F)C(F)(F)C(F)(F)F. The highest BCUT2D eigenvalue weighted by Gasteiger charge is 2.93. The summed E-state index contributed by atoms with van der Waals surface area (Å²) in [6, 6.07) is 0. The van der Waals surface area contributed by atoms with E-state index in [2.05, 4.69) is 9.47 Å². The van der Waals surface area contributed by atoms with E-state index in [1.165, 1.54) is 0 Å². The molecule has 0 unspecified atom stereocenters. The smallest absolute Gasteiger partial charge is 0.394 e. The Balaban J connectivity index is 5.16. The van der Waals surface area contributed by atoms with Crippen LogP contribution in [0.15, 0.2) is 0 Å². The van der Waals surface area contributed by atoms with E-state index >= 15 is 0 Å². The first-order valence-corrected chi connectivity index (χ1v) is 8.88. The highest BCUT2D eigenvalue weighted by Crippen LogP contribution is 2.62. The van der Waals surface area contributed by atoms with Crippen molar-refractivity contribution in [3.8, 4) is 0 Å². The monoisotopic (exact) mass is 562 g/mol. The Morgan fingerprint density at radius 1 is 0.400 bits per heavy atom. The number of ether oxygens (including phenoxy) is 4. The summed E-state index contributed by atoms with van der Waals surface area (Å²) < 4.78 is 211. The summed E-state index contributed by atoms with van der Waals surface area (Å²) in [6.07, 6.45) is -14.4. The molecular formula is C15H17F15O5. The fraction of sp³-hybridized carbons (Fsp3) is 1.00. The summed E-state index contributed by atoms with van der Waals surface area (Å²) in [7, 11) is 0. The Hall–Kier alpha value is -1.25. The predicted octanol–water partition coefficient (Wildman–Crippen LogP) is 4.38. The van der Waals surface area contributed by atoms with Crippen molar-refractivity contribution in [1.82, 2.24) is 0 Å². The topological polar surface area (TPSA) is 57.2 Å². The maximum Gasteiger partial charge on any atom is 0.460 e. The summed E-state index contributed by atoms with van der Waals surface area (Å²) in [5.74, 6) is -40.6. The van der Waals surface area contributed by atoms with Crippen LogP contribution < -0.4 is 0 Å². The summed E-state index contributed by atoms with van der Waals surface area (Å²) in [5, 5.41) is 8.40. The quantitative estimate of drug-likeness (QED) is 0.211. The lowest BCUT2D eigenvalue weighted by Gasteiger charge is -2.41. The molecule has 0 saturated carbocycles. The van der Waals surface area contributed by atoms with Crippen molar-refractivity contribution < 1.29 is 89.9 Å². The van der Waals surface area contributed by atoms with Gasteiger partial charge in [-0.2, -0.15) is 65.9 Å². The van der Waals surface area contributed by atoms with Crippen LogP contribution in [0.2, 0.25) is 0 Å². The number of aliphatic hydroxyl groups is 1. The molecule has 0 atom stereocenters. The van der Waals surface area contributed by atoms with Gasteiger partial charge in [-0.3, -0.25) is 0 Å². The molecule has 0 aliphatic rings. The van der Waals surface area contributed by atoms with E-state index in [-0.39, 0.29) is 33.0 Å². The lowest BCUT2D eigenvalue weighted by molar-refractivity contribution is -0.472. The average molecular weight is 562 g/mol. The van der Waals surface area contributed by atoms with Crippen LogP contribution in [0.1, 0.15) is 0 Å². The number of halogens is 15. The number of rotatable bonds is 17.